The van der Waals surface area contributed by atoms with E-state index in [-0.39, 0.29) is 18.4 Å². The molecule has 0 heterocycles. The molecule has 0 aliphatic heterocycles. The van der Waals surface area contributed by atoms with E-state index in [2.05, 4.69) is 23.8 Å². The van der Waals surface area contributed by atoms with E-state index in [9.17, 15) is 9.59 Å². The van der Waals surface area contributed by atoms with Gasteiger partial charge in [-0.15, -0.1) is 0 Å². The van der Waals surface area contributed by atoms with Crippen LogP contribution in [-0.2, 0) is 22.7 Å². The van der Waals surface area contributed by atoms with Crippen molar-refractivity contribution in [1.29, 1.82) is 0 Å². The predicted octanol–water partition coefficient (Wildman–Crippen LogP) is 2.48. The van der Waals surface area contributed by atoms with E-state index in [0.717, 1.165) is 22.3 Å². The second kappa shape index (κ2) is 10.1. The van der Waals surface area contributed by atoms with Crippen molar-refractivity contribution < 1.29 is 9.59 Å². The number of hydrogen-bond donors (Lipinski definition) is 3. The molecular weight excluding hydrogens is 338 g/mol. The summed E-state index contributed by atoms with van der Waals surface area (Å²) in [5.74, 6) is -1.71. The molecule has 5 heteroatoms. The predicted molar refractivity (Wildman–Crippen MR) is 109 cm³/mol. The lowest BCUT2D eigenvalue weighted by Crippen LogP contribution is -2.44. The molecule has 2 aromatic rings. The van der Waals surface area contributed by atoms with Crippen LogP contribution in [0, 0.1) is 5.92 Å². The number of nitrogens with one attached hydrogen (secondary N) is 2. The summed E-state index contributed by atoms with van der Waals surface area (Å²) in [7, 11) is 0. The SMILES string of the molecule is C=Cc1cccc(CNC(=O)C(CN)C(=O)NCc2cccc(C=C)c2)c1. The van der Waals surface area contributed by atoms with Crippen LogP contribution < -0.4 is 16.4 Å². The average Bonchev–Trinajstić information content (AvgIpc) is 2.71. The van der Waals surface area contributed by atoms with Crippen LogP contribution in [0.4, 0.5) is 0 Å². The van der Waals surface area contributed by atoms with Crippen LogP contribution in [0.5, 0.6) is 0 Å². The van der Waals surface area contributed by atoms with Crippen LogP contribution >= 0.6 is 0 Å². The van der Waals surface area contributed by atoms with Gasteiger partial charge in [-0.1, -0.05) is 61.7 Å². The number of carbonyl (C=O) groups is 2. The number of carbonyl (C=O) groups excluding carboxylic acids is 2. The van der Waals surface area contributed by atoms with Crippen molar-refractivity contribution in [1.82, 2.24) is 10.6 Å². The number of nitrogens with two attached hydrogens (primary N) is 1. The molecule has 0 aliphatic rings. The quantitative estimate of drug-likeness (QED) is 0.599. The van der Waals surface area contributed by atoms with Gasteiger partial charge in [0.05, 0.1) is 0 Å². The molecule has 0 bridgehead atoms. The maximum atomic E-state index is 12.4. The molecule has 0 radical (unpaired) electrons. The molecule has 2 rings (SSSR count). The van der Waals surface area contributed by atoms with Gasteiger partial charge in [0, 0.05) is 19.6 Å². The summed E-state index contributed by atoms with van der Waals surface area (Å²) >= 11 is 0. The van der Waals surface area contributed by atoms with Gasteiger partial charge < -0.3 is 16.4 Å². The van der Waals surface area contributed by atoms with E-state index in [1.807, 2.05) is 48.5 Å². The van der Waals surface area contributed by atoms with Gasteiger partial charge in [0.25, 0.3) is 0 Å². The van der Waals surface area contributed by atoms with Crippen LogP contribution in [-0.4, -0.2) is 18.4 Å². The van der Waals surface area contributed by atoms with Crippen molar-refractivity contribution >= 4 is 24.0 Å². The van der Waals surface area contributed by atoms with Crippen LogP contribution in [0.1, 0.15) is 22.3 Å². The Hall–Kier alpha value is -3.18. The Morgan fingerprint density at radius 1 is 0.889 bits per heavy atom. The Morgan fingerprint density at radius 2 is 1.33 bits per heavy atom. The van der Waals surface area contributed by atoms with Crippen LogP contribution in [0.15, 0.2) is 61.7 Å². The second-order valence-corrected chi connectivity index (χ2v) is 6.12. The lowest BCUT2D eigenvalue weighted by molar-refractivity contribution is -0.135. The molecular formula is C22H25N3O2. The Balaban J connectivity index is 1.91. The molecule has 2 amide bonds. The zero-order chi connectivity index (χ0) is 19.6. The third kappa shape index (κ3) is 5.94. The van der Waals surface area contributed by atoms with Crippen LogP contribution in [0.2, 0.25) is 0 Å². The first-order valence-electron chi connectivity index (χ1n) is 8.75. The molecule has 0 atom stereocenters. The van der Waals surface area contributed by atoms with Gasteiger partial charge in [-0.3, -0.25) is 9.59 Å². The normalized spacial score (nSPS) is 10.3. The summed E-state index contributed by atoms with van der Waals surface area (Å²) in [6, 6.07) is 15.3. The van der Waals surface area contributed by atoms with Crippen LogP contribution in [0.3, 0.4) is 0 Å². The van der Waals surface area contributed by atoms with Gasteiger partial charge in [-0.05, 0) is 34.4 Å². The monoisotopic (exact) mass is 363 g/mol. The third-order valence-corrected chi connectivity index (χ3v) is 4.18. The van der Waals surface area contributed by atoms with E-state index in [0.29, 0.717) is 13.1 Å². The highest BCUT2D eigenvalue weighted by atomic mass is 16.2. The van der Waals surface area contributed by atoms with E-state index in [1.165, 1.54) is 0 Å². The van der Waals surface area contributed by atoms with Gasteiger partial charge in [-0.2, -0.15) is 0 Å². The zero-order valence-corrected chi connectivity index (χ0v) is 15.3. The van der Waals surface area contributed by atoms with Crippen molar-refractivity contribution in [2.75, 3.05) is 6.54 Å². The molecule has 5 nitrogen and oxygen atoms in total. The fourth-order valence-corrected chi connectivity index (χ4v) is 2.62. The van der Waals surface area contributed by atoms with E-state index >= 15 is 0 Å². The number of hydrogen-bond acceptors (Lipinski definition) is 3. The van der Waals surface area contributed by atoms with Gasteiger partial charge in [-0.25, -0.2) is 0 Å². The lowest BCUT2D eigenvalue weighted by atomic mass is 10.1. The van der Waals surface area contributed by atoms with Crippen molar-refractivity contribution in [3.8, 4) is 0 Å². The van der Waals surface area contributed by atoms with E-state index in [4.69, 9.17) is 5.73 Å². The van der Waals surface area contributed by atoms with Crippen molar-refractivity contribution in [2.24, 2.45) is 11.7 Å². The number of amides is 2. The average molecular weight is 363 g/mol. The summed E-state index contributed by atoms with van der Waals surface area (Å²) < 4.78 is 0. The first kappa shape index (κ1) is 20.1. The smallest absolute Gasteiger partial charge is 0.234 e. The standard InChI is InChI=1S/C22H25N3O2/c1-3-16-7-5-9-18(11-16)14-24-21(26)20(13-23)22(27)25-15-19-10-6-8-17(4-2)12-19/h3-12,20H,1-2,13-15,23H2,(H,24,26)(H,25,27). The first-order valence-corrected chi connectivity index (χ1v) is 8.75. The highest BCUT2D eigenvalue weighted by Crippen LogP contribution is 2.08. The summed E-state index contributed by atoms with van der Waals surface area (Å²) in [4.78, 5) is 24.7. The molecule has 0 spiro atoms. The van der Waals surface area contributed by atoms with E-state index in [1.54, 1.807) is 12.2 Å². The molecule has 27 heavy (non-hydrogen) atoms. The molecule has 0 unspecified atom stereocenters. The minimum atomic E-state index is -0.935. The molecule has 0 saturated carbocycles. The fraction of sp³-hybridized carbons (Fsp3) is 0.182. The molecule has 0 aromatic heterocycles. The molecule has 0 aliphatic carbocycles. The topological polar surface area (TPSA) is 84.2 Å². The van der Waals surface area contributed by atoms with Gasteiger partial charge in [0.15, 0.2) is 0 Å². The summed E-state index contributed by atoms with van der Waals surface area (Å²) in [6.07, 6.45) is 3.48. The minimum absolute atomic E-state index is 0.0585. The summed E-state index contributed by atoms with van der Waals surface area (Å²) in [6.45, 7) is 8.04. The highest BCUT2D eigenvalue weighted by molar-refractivity contribution is 6.00. The third-order valence-electron chi connectivity index (χ3n) is 4.18. The molecule has 4 N–H and O–H groups in total. The Bertz CT molecular complexity index is 762. The maximum Gasteiger partial charge on any atom is 0.234 e. The van der Waals surface area contributed by atoms with E-state index < -0.39 is 5.92 Å². The van der Waals surface area contributed by atoms with Crippen LogP contribution in [0.25, 0.3) is 12.2 Å². The summed E-state index contributed by atoms with van der Waals surface area (Å²) in [5, 5.41) is 5.54. The Labute approximate surface area is 160 Å². The van der Waals surface area contributed by atoms with Crippen molar-refractivity contribution in [3.05, 3.63) is 83.9 Å². The number of benzene rings is 2. The first-order chi connectivity index (χ1) is 13.1. The second-order valence-electron chi connectivity index (χ2n) is 6.12. The number of rotatable bonds is 9. The minimum Gasteiger partial charge on any atom is -0.351 e. The van der Waals surface area contributed by atoms with Gasteiger partial charge in [0.2, 0.25) is 11.8 Å². The van der Waals surface area contributed by atoms with Gasteiger partial charge in [0.1, 0.15) is 5.92 Å². The lowest BCUT2D eigenvalue weighted by Gasteiger charge is -2.15. The molecule has 0 fully saturated rings. The molecule has 140 valence electrons. The van der Waals surface area contributed by atoms with Crippen molar-refractivity contribution in [3.63, 3.8) is 0 Å². The molecule has 0 saturated heterocycles. The summed E-state index contributed by atoms with van der Waals surface area (Å²) in [5.41, 5.74) is 9.45. The zero-order valence-electron chi connectivity index (χ0n) is 15.3. The maximum absolute atomic E-state index is 12.4. The Morgan fingerprint density at radius 3 is 1.70 bits per heavy atom. The molecule has 2 aromatic carbocycles. The largest absolute Gasteiger partial charge is 0.351 e. The Kier molecular flexibility index (Phi) is 7.52. The fourth-order valence-electron chi connectivity index (χ4n) is 2.62. The van der Waals surface area contributed by atoms with Gasteiger partial charge >= 0.3 is 0 Å². The van der Waals surface area contributed by atoms with Crippen molar-refractivity contribution in [2.45, 2.75) is 13.1 Å². The highest BCUT2D eigenvalue weighted by Gasteiger charge is 2.24.